The Morgan fingerprint density at radius 1 is 1.15 bits per heavy atom. The van der Waals surface area contributed by atoms with E-state index in [4.69, 9.17) is 4.99 Å². The normalized spacial score (nSPS) is 18.5. The number of rotatable bonds is 6. The van der Waals surface area contributed by atoms with Crippen LogP contribution in [0.25, 0.3) is 0 Å². The highest BCUT2D eigenvalue weighted by Crippen LogP contribution is 2.34. The van der Waals surface area contributed by atoms with Crippen molar-refractivity contribution in [3.8, 4) is 0 Å². The van der Waals surface area contributed by atoms with Crippen LogP contribution in [0.5, 0.6) is 0 Å². The van der Waals surface area contributed by atoms with E-state index < -0.39 is 11.5 Å². The second-order valence-corrected chi connectivity index (χ2v) is 10.1. The molecule has 1 saturated heterocycles. The van der Waals surface area contributed by atoms with Gasteiger partial charge < -0.3 is 20.1 Å². The van der Waals surface area contributed by atoms with Gasteiger partial charge in [0.1, 0.15) is 6.04 Å². The number of aromatic nitrogens is 1. The highest BCUT2D eigenvalue weighted by molar-refractivity contribution is 6.05. The second kappa shape index (κ2) is 9.93. The molecular formula is C25H37N5O3. The lowest BCUT2D eigenvalue weighted by atomic mass is 9.85. The summed E-state index contributed by atoms with van der Waals surface area (Å²) in [5.41, 5.74) is 2.40. The van der Waals surface area contributed by atoms with Crippen LogP contribution in [-0.4, -0.2) is 70.4 Å². The van der Waals surface area contributed by atoms with Crippen LogP contribution in [0.1, 0.15) is 63.5 Å². The molecule has 3 amide bonds. The van der Waals surface area contributed by atoms with Crippen molar-refractivity contribution in [2.45, 2.75) is 60.4 Å². The maximum absolute atomic E-state index is 13.4. The molecule has 0 spiro atoms. The van der Waals surface area contributed by atoms with Crippen molar-refractivity contribution in [2.24, 2.45) is 16.3 Å². The monoisotopic (exact) mass is 455 g/mol. The minimum atomic E-state index is -0.695. The van der Waals surface area contributed by atoms with Gasteiger partial charge in [0.25, 0.3) is 5.91 Å². The zero-order valence-electron chi connectivity index (χ0n) is 20.7. The summed E-state index contributed by atoms with van der Waals surface area (Å²) in [5, 5.41) is 2.99. The average Bonchev–Trinajstić information content (AvgIpc) is 3.54. The van der Waals surface area contributed by atoms with Crippen molar-refractivity contribution in [2.75, 3.05) is 26.2 Å². The molecule has 1 aromatic heterocycles. The predicted octanol–water partition coefficient (Wildman–Crippen LogP) is 3.22. The van der Waals surface area contributed by atoms with E-state index in [1.807, 2.05) is 46.8 Å². The van der Waals surface area contributed by atoms with Crippen molar-refractivity contribution in [3.63, 3.8) is 0 Å². The van der Waals surface area contributed by atoms with Crippen LogP contribution in [0.2, 0.25) is 0 Å². The molecule has 1 aliphatic heterocycles. The first kappa shape index (κ1) is 24.7. The molecule has 1 aromatic rings. The summed E-state index contributed by atoms with van der Waals surface area (Å²) >= 11 is 0. The molecule has 1 atom stereocenters. The van der Waals surface area contributed by atoms with E-state index >= 15 is 0 Å². The third-order valence-corrected chi connectivity index (χ3v) is 6.29. The SMILES string of the molecule is CC=C/C(=N\c1c(C(=O)NC(C(=O)N2CCN(C(C)=O)CC2)C(C)(C)C)c[nH]c1C)C1CC1. The first-order valence-corrected chi connectivity index (χ1v) is 11.8. The molecule has 8 nitrogen and oxygen atoms in total. The molecule has 1 aliphatic carbocycles. The molecule has 2 N–H and O–H groups in total. The van der Waals surface area contributed by atoms with Gasteiger partial charge in [0, 0.05) is 56.6 Å². The molecule has 2 aliphatic rings. The van der Waals surface area contributed by atoms with Gasteiger partial charge in [-0.2, -0.15) is 0 Å². The molecule has 8 heteroatoms. The fraction of sp³-hybridized carbons (Fsp3) is 0.600. The Hall–Kier alpha value is -2.90. The van der Waals surface area contributed by atoms with Crippen molar-refractivity contribution in [3.05, 3.63) is 29.6 Å². The third kappa shape index (κ3) is 5.92. The lowest BCUT2D eigenvalue weighted by molar-refractivity contribution is -0.141. The Balaban J connectivity index is 1.80. The molecule has 33 heavy (non-hydrogen) atoms. The first-order valence-electron chi connectivity index (χ1n) is 11.8. The van der Waals surface area contributed by atoms with E-state index in [1.54, 1.807) is 22.9 Å². The van der Waals surface area contributed by atoms with E-state index in [9.17, 15) is 14.4 Å². The number of amides is 3. The summed E-state index contributed by atoms with van der Waals surface area (Å²) in [6, 6.07) is -0.695. The largest absolute Gasteiger partial charge is 0.363 e. The Labute approximate surface area is 196 Å². The molecule has 2 heterocycles. The van der Waals surface area contributed by atoms with Crippen LogP contribution < -0.4 is 5.32 Å². The van der Waals surface area contributed by atoms with E-state index in [-0.39, 0.29) is 17.7 Å². The quantitative estimate of drug-likeness (QED) is 0.645. The van der Waals surface area contributed by atoms with Crippen molar-refractivity contribution >= 4 is 29.1 Å². The molecule has 0 bridgehead atoms. The Kier molecular flexibility index (Phi) is 7.44. The minimum Gasteiger partial charge on any atom is -0.363 e. The van der Waals surface area contributed by atoms with Crippen molar-refractivity contribution < 1.29 is 14.4 Å². The Morgan fingerprint density at radius 3 is 2.27 bits per heavy atom. The van der Waals surface area contributed by atoms with Crippen LogP contribution in [0.15, 0.2) is 23.3 Å². The first-order chi connectivity index (χ1) is 15.5. The number of hydrogen-bond donors (Lipinski definition) is 2. The number of carbonyl (C=O) groups excluding carboxylic acids is 3. The van der Waals surface area contributed by atoms with Crippen LogP contribution in [0.4, 0.5) is 5.69 Å². The van der Waals surface area contributed by atoms with Gasteiger partial charge in [0.2, 0.25) is 11.8 Å². The predicted molar refractivity (Wildman–Crippen MR) is 130 cm³/mol. The van der Waals surface area contributed by atoms with Crippen LogP contribution in [0.3, 0.4) is 0 Å². The Morgan fingerprint density at radius 2 is 1.76 bits per heavy atom. The van der Waals surface area contributed by atoms with Gasteiger partial charge >= 0.3 is 0 Å². The number of hydrogen-bond acceptors (Lipinski definition) is 4. The van der Waals surface area contributed by atoms with Gasteiger partial charge in [0.15, 0.2) is 0 Å². The number of aliphatic imine (C=N–C) groups is 1. The number of aryl methyl sites for hydroxylation is 1. The summed E-state index contributed by atoms with van der Waals surface area (Å²) in [5.74, 6) is 0.0273. The van der Waals surface area contributed by atoms with Crippen molar-refractivity contribution in [1.29, 1.82) is 0 Å². The summed E-state index contributed by atoms with van der Waals surface area (Å²) in [6.07, 6.45) is 7.88. The highest BCUT2D eigenvalue weighted by atomic mass is 16.2. The summed E-state index contributed by atoms with van der Waals surface area (Å²) in [6.45, 7) is 13.2. The molecule has 2 fully saturated rings. The van der Waals surface area contributed by atoms with Gasteiger partial charge in [-0.1, -0.05) is 26.8 Å². The molecular weight excluding hydrogens is 418 g/mol. The highest BCUT2D eigenvalue weighted by Gasteiger charge is 2.37. The zero-order chi connectivity index (χ0) is 24.3. The number of H-pyrrole nitrogens is 1. The Bertz CT molecular complexity index is 957. The smallest absolute Gasteiger partial charge is 0.255 e. The summed E-state index contributed by atoms with van der Waals surface area (Å²) in [4.78, 5) is 49.8. The van der Waals surface area contributed by atoms with Gasteiger partial charge in [-0.3, -0.25) is 19.4 Å². The van der Waals surface area contributed by atoms with Crippen LogP contribution in [-0.2, 0) is 9.59 Å². The minimum absolute atomic E-state index is 0.0159. The zero-order valence-corrected chi connectivity index (χ0v) is 20.7. The van der Waals surface area contributed by atoms with E-state index in [2.05, 4.69) is 10.3 Å². The van der Waals surface area contributed by atoms with Gasteiger partial charge in [-0.15, -0.1) is 0 Å². The molecule has 1 unspecified atom stereocenters. The average molecular weight is 456 g/mol. The number of nitrogens with zero attached hydrogens (tertiary/aromatic N) is 3. The number of allylic oxidation sites excluding steroid dienone is 2. The van der Waals surface area contributed by atoms with Crippen LogP contribution in [0, 0.1) is 18.3 Å². The van der Waals surface area contributed by atoms with Crippen LogP contribution >= 0.6 is 0 Å². The summed E-state index contributed by atoms with van der Waals surface area (Å²) in [7, 11) is 0. The number of piperazine rings is 1. The number of nitrogens with one attached hydrogen (secondary N) is 2. The number of carbonyl (C=O) groups is 3. The molecule has 3 rings (SSSR count). The fourth-order valence-corrected chi connectivity index (χ4v) is 4.06. The van der Waals surface area contributed by atoms with E-state index in [0.717, 1.165) is 24.2 Å². The van der Waals surface area contributed by atoms with E-state index in [1.165, 1.54) is 0 Å². The number of aromatic amines is 1. The molecule has 0 radical (unpaired) electrons. The second-order valence-electron chi connectivity index (χ2n) is 10.1. The van der Waals surface area contributed by atoms with E-state index in [0.29, 0.717) is 43.3 Å². The lowest BCUT2D eigenvalue weighted by Crippen LogP contribution is -2.59. The maximum atomic E-state index is 13.4. The fourth-order valence-electron chi connectivity index (χ4n) is 4.06. The van der Waals surface area contributed by atoms with Gasteiger partial charge in [-0.05, 0) is 38.2 Å². The lowest BCUT2D eigenvalue weighted by Gasteiger charge is -2.39. The summed E-state index contributed by atoms with van der Waals surface area (Å²) < 4.78 is 0. The van der Waals surface area contributed by atoms with Crippen molar-refractivity contribution in [1.82, 2.24) is 20.1 Å². The standard InChI is InChI=1S/C25H37N5O3/c1-7-8-20(18-9-10-18)27-21-16(2)26-15-19(21)23(32)28-22(25(4,5)6)24(33)30-13-11-29(12-14-30)17(3)31/h7-8,15,18,22,26H,9-14H2,1-6H3,(H,28,32)/b8-7?,27-20+. The molecule has 180 valence electrons. The maximum Gasteiger partial charge on any atom is 0.255 e. The molecule has 1 saturated carbocycles. The van der Waals surface area contributed by atoms with Gasteiger partial charge in [-0.25, -0.2) is 0 Å². The third-order valence-electron chi connectivity index (χ3n) is 6.29. The topological polar surface area (TPSA) is 97.9 Å². The van der Waals surface area contributed by atoms with Gasteiger partial charge in [0.05, 0.1) is 11.3 Å². The molecule has 0 aromatic carbocycles.